The van der Waals surface area contributed by atoms with Gasteiger partial charge in [-0.3, -0.25) is 4.79 Å². The van der Waals surface area contributed by atoms with E-state index in [4.69, 9.17) is 4.74 Å². The van der Waals surface area contributed by atoms with Crippen molar-refractivity contribution >= 4 is 12.1 Å². The van der Waals surface area contributed by atoms with Crippen molar-refractivity contribution < 1.29 is 19.2 Å². The number of hydrogen-bond acceptors (Lipinski definition) is 4. The van der Waals surface area contributed by atoms with Crippen LogP contribution in [0.1, 0.15) is 12.5 Å². The Balaban J connectivity index is 2.26. The van der Waals surface area contributed by atoms with E-state index in [1.807, 2.05) is 35.8 Å². The molecule has 0 radical (unpaired) electrons. The first-order valence-corrected chi connectivity index (χ1v) is 5.43. The average molecular weight is 249 g/mol. The maximum absolute atomic E-state index is 11.2. The predicted octanol–water partition coefficient (Wildman–Crippen LogP) is 2.19. The molecular formula is C13H15NO4. The number of benzene rings is 1. The molecule has 1 rings (SSSR count). The van der Waals surface area contributed by atoms with Gasteiger partial charge in [-0.25, -0.2) is 4.79 Å². The molecule has 0 aliphatic rings. The van der Waals surface area contributed by atoms with Gasteiger partial charge in [0, 0.05) is 0 Å². The summed E-state index contributed by atoms with van der Waals surface area (Å²) in [4.78, 5) is 26.8. The van der Waals surface area contributed by atoms with E-state index >= 15 is 0 Å². The first-order chi connectivity index (χ1) is 8.63. The van der Waals surface area contributed by atoms with Crippen molar-refractivity contribution in [3.05, 3.63) is 48.6 Å². The molecule has 1 unspecified atom stereocenters. The second-order valence-electron chi connectivity index (χ2n) is 3.62. The Morgan fingerprint density at radius 2 is 2.06 bits per heavy atom. The van der Waals surface area contributed by atoms with Gasteiger partial charge in [-0.1, -0.05) is 36.4 Å². The van der Waals surface area contributed by atoms with E-state index in [-0.39, 0.29) is 6.61 Å². The molecular weight excluding hydrogens is 234 g/mol. The Morgan fingerprint density at radius 3 is 2.67 bits per heavy atom. The van der Waals surface area contributed by atoms with Crippen LogP contribution < -0.4 is 5.48 Å². The third kappa shape index (κ3) is 4.69. The minimum absolute atomic E-state index is 0.0898. The van der Waals surface area contributed by atoms with E-state index < -0.39 is 18.0 Å². The zero-order chi connectivity index (χ0) is 13.4. The van der Waals surface area contributed by atoms with Gasteiger partial charge in [-0.2, -0.15) is 5.48 Å². The molecule has 18 heavy (non-hydrogen) atoms. The summed E-state index contributed by atoms with van der Waals surface area (Å²) in [7, 11) is 0. The van der Waals surface area contributed by atoms with Crippen molar-refractivity contribution in [2.24, 2.45) is 5.92 Å². The molecule has 1 N–H and O–H groups in total. The largest absolute Gasteiger partial charge is 0.533 e. The van der Waals surface area contributed by atoms with Crippen LogP contribution in [0.25, 0.3) is 0 Å². The molecule has 5 nitrogen and oxygen atoms in total. The summed E-state index contributed by atoms with van der Waals surface area (Å²) in [5.41, 5.74) is 2.82. The lowest BCUT2D eigenvalue weighted by Gasteiger charge is -2.08. The fourth-order valence-corrected chi connectivity index (χ4v) is 1.04. The molecule has 1 aromatic carbocycles. The second kappa shape index (κ2) is 7.11. The first-order valence-electron chi connectivity index (χ1n) is 5.43. The first kappa shape index (κ1) is 13.8. The van der Waals surface area contributed by atoms with Gasteiger partial charge in [-0.15, -0.1) is 6.58 Å². The Kier molecular flexibility index (Phi) is 5.44. The molecule has 1 amide bonds. The SMILES string of the molecule is C=CC(C)C(=O)NOC(=O)OCc1ccccc1. The summed E-state index contributed by atoms with van der Waals surface area (Å²) < 4.78 is 4.79. The summed E-state index contributed by atoms with van der Waals surface area (Å²) in [6.45, 7) is 5.17. The normalized spacial score (nSPS) is 11.2. The molecule has 0 saturated carbocycles. The van der Waals surface area contributed by atoms with Crippen LogP contribution in [0, 0.1) is 5.92 Å². The fraction of sp³-hybridized carbons (Fsp3) is 0.231. The molecule has 0 aromatic heterocycles. The van der Waals surface area contributed by atoms with Crippen molar-refractivity contribution in [3.8, 4) is 0 Å². The van der Waals surface area contributed by atoms with E-state index in [0.717, 1.165) is 5.56 Å². The van der Waals surface area contributed by atoms with Crippen molar-refractivity contribution in [2.75, 3.05) is 0 Å². The molecule has 0 heterocycles. The summed E-state index contributed by atoms with van der Waals surface area (Å²) in [5, 5.41) is 0. The van der Waals surface area contributed by atoms with Gasteiger partial charge in [0.05, 0.1) is 5.92 Å². The Morgan fingerprint density at radius 1 is 1.39 bits per heavy atom. The van der Waals surface area contributed by atoms with Gasteiger partial charge in [-0.05, 0) is 12.5 Å². The summed E-state index contributed by atoms with van der Waals surface area (Å²) in [6, 6.07) is 9.14. The maximum Gasteiger partial charge on any atom is 0.533 e. The second-order valence-corrected chi connectivity index (χ2v) is 3.62. The van der Waals surface area contributed by atoms with Gasteiger partial charge >= 0.3 is 6.16 Å². The average Bonchev–Trinajstić information content (AvgIpc) is 2.42. The van der Waals surface area contributed by atoms with Gasteiger partial charge in [0.1, 0.15) is 6.61 Å². The third-order valence-electron chi connectivity index (χ3n) is 2.20. The zero-order valence-electron chi connectivity index (χ0n) is 10.1. The Bertz CT molecular complexity index is 416. The topological polar surface area (TPSA) is 64.6 Å². The number of carbonyl (C=O) groups excluding carboxylic acids is 2. The standard InChI is InChI=1S/C13H15NO4/c1-3-10(2)12(15)14-18-13(16)17-9-11-7-5-4-6-8-11/h3-8,10H,1,9H2,2H3,(H,14,15). The van der Waals surface area contributed by atoms with Crippen LogP contribution >= 0.6 is 0 Å². The molecule has 0 bridgehead atoms. The highest BCUT2D eigenvalue weighted by atomic mass is 16.8. The number of amides is 1. The van der Waals surface area contributed by atoms with Crippen molar-refractivity contribution in [1.29, 1.82) is 0 Å². The summed E-state index contributed by atoms with van der Waals surface area (Å²) >= 11 is 0. The molecule has 0 spiro atoms. The fourth-order valence-electron chi connectivity index (χ4n) is 1.04. The monoisotopic (exact) mass is 249 g/mol. The molecule has 0 saturated heterocycles. The third-order valence-corrected chi connectivity index (χ3v) is 2.20. The van der Waals surface area contributed by atoms with Crippen LogP contribution in [-0.2, 0) is 21.0 Å². The predicted molar refractivity (Wildman–Crippen MR) is 65.2 cm³/mol. The van der Waals surface area contributed by atoms with E-state index in [0.29, 0.717) is 0 Å². The summed E-state index contributed by atoms with van der Waals surface area (Å²) in [5.74, 6) is -0.895. The highest BCUT2D eigenvalue weighted by molar-refractivity contribution is 5.80. The molecule has 5 heteroatoms. The quantitative estimate of drug-likeness (QED) is 0.504. The Hall–Kier alpha value is -2.30. The van der Waals surface area contributed by atoms with E-state index in [2.05, 4.69) is 11.4 Å². The van der Waals surface area contributed by atoms with Crippen molar-refractivity contribution in [3.63, 3.8) is 0 Å². The number of carbonyl (C=O) groups is 2. The lowest BCUT2D eigenvalue weighted by molar-refractivity contribution is -0.133. The van der Waals surface area contributed by atoms with E-state index in [1.54, 1.807) is 6.92 Å². The van der Waals surface area contributed by atoms with Crippen LogP contribution in [-0.4, -0.2) is 12.1 Å². The van der Waals surface area contributed by atoms with E-state index in [9.17, 15) is 9.59 Å². The number of nitrogens with one attached hydrogen (secondary N) is 1. The van der Waals surface area contributed by atoms with Crippen LogP contribution in [0.5, 0.6) is 0 Å². The van der Waals surface area contributed by atoms with Crippen LogP contribution in [0.4, 0.5) is 4.79 Å². The molecule has 0 aliphatic heterocycles. The Labute approximate surface area is 105 Å². The van der Waals surface area contributed by atoms with Crippen molar-refractivity contribution in [2.45, 2.75) is 13.5 Å². The highest BCUT2D eigenvalue weighted by Gasteiger charge is 2.12. The highest BCUT2D eigenvalue weighted by Crippen LogP contribution is 2.01. The zero-order valence-corrected chi connectivity index (χ0v) is 10.1. The lowest BCUT2D eigenvalue weighted by Crippen LogP contribution is -2.31. The minimum Gasteiger partial charge on any atom is -0.428 e. The molecule has 1 atom stereocenters. The lowest BCUT2D eigenvalue weighted by atomic mass is 10.2. The number of ether oxygens (including phenoxy) is 1. The maximum atomic E-state index is 11.2. The minimum atomic E-state index is -0.955. The van der Waals surface area contributed by atoms with Gasteiger partial charge in [0.15, 0.2) is 0 Å². The van der Waals surface area contributed by atoms with Gasteiger partial charge in [0.2, 0.25) is 0 Å². The van der Waals surface area contributed by atoms with Crippen LogP contribution in [0.2, 0.25) is 0 Å². The number of hydrogen-bond donors (Lipinski definition) is 1. The molecule has 0 fully saturated rings. The van der Waals surface area contributed by atoms with Gasteiger partial charge < -0.3 is 9.57 Å². The summed E-state index contributed by atoms with van der Waals surface area (Å²) in [6.07, 6.45) is 0.483. The van der Waals surface area contributed by atoms with Gasteiger partial charge in [0.25, 0.3) is 5.91 Å². The van der Waals surface area contributed by atoms with E-state index in [1.165, 1.54) is 6.08 Å². The van der Waals surface area contributed by atoms with Crippen molar-refractivity contribution in [1.82, 2.24) is 5.48 Å². The van der Waals surface area contributed by atoms with Crippen LogP contribution in [0.3, 0.4) is 0 Å². The number of hydroxylamine groups is 1. The molecule has 0 aliphatic carbocycles. The van der Waals surface area contributed by atoms with Crippen LogP contribution in [0.15, 0.2) is 43.0 Å². The smallest absolute Gasteiger partial charge is 0.428 e. The molecule has 1 aromatic rings. The number of rotatable bonds is 4. The molecule has 96 valence electrons.